The van der Waals surface area contributed by atoms with Crippen molar-refractivity contribution in [3.8, 4) is 0 Å². The molecular weight excluding hydrogens is 386 g/mol. The normalized spacial score (nSPS) is 11.2. The van der Waals surface area contributed by atoms with E-state index in [9.17, 15) is 4.79 Å². The van der Waals surface area contributed by atoms with Crippen LogP contribution in [0.15, 0.2) is 27.6 Å². The number of hydrogen-bond donors (Lipinski definition) is 1. The number of anilines is 2. The van der Waals surface area contributed by atoms with Crippen LogP contribution in [0.2, 0.25) is 0 Å². The summed E-state index contributed by atoms with van der Waals surface area (Å²) in [5, 5.41) is 3.21. The molecule has 0 aliphatic carbocycles. The first kappa shape index (κ1) is 19.6. The maximum Gasteiger partial charge on any atom is 0.294 e. The molecule has 0 aliphatic heterocycles. The molecule has 6 nitrogen and oxygen atoms in total. The van der Waals surface area contributed by atoms with Gasteiger partial charge in [0, 0.05) is 30.6 Å². The first-order valence-electron chi connectivity index (χ1n) is 7.98. The van der Waals surface area contributed by atoms with E-state index in [1.807, 2.05) is 32.9 Å². The Kier molecular flexibility index (Phi) is 6.75. The number of aromatic nitrogens is 2. The average molecular weight is 410 g/mol. The van der Waals surface area contributed by atoms with E-state index in [-0.39, 0.29) is 11.6 Å². The molecule has 0 atom stereocenters. The SMILES string of the molecule is COCC(COC)n1cc(C)nc(Nc2c(C)cc(Br)cc2C)c1=O. The minimum atomic E-state index is -0.211. The van der Waals surface area contributed by atoms with Crippen LogP contribution >= 0.6 is 15.9 Å². The number of nitrogens with zero attached hydrogens (tertiary/aromatic N) is 2. The van der Waals surface area contributed by atoms with E-state index in [0.717, 1.165) is 27.0 Å². The van der Waals surface area contributed by atoms with Crippen LogP contribution in [-0.2, 0) is 9.47 Å². The van der Waals surface area contributed by atoms with E-state index in [1.165, 1.54) is 0 Å². The van der Waals surface area contributed by atoms with Gasteiger partial charge in [-0.25, -0.2) is 4.98 Å². The predicted molar refractivity (Wildman–Crippen MR) is 103 cm³/mol. The van der Waals surface area contributed by atoms with Crippen molar-refractivity contribution in [2.45, 2.75) is 26.8 Å². The summed E-state index contributed by atoms with van der Waals surface area (Å²) in [5.74, 6) is 0.297. The summed E-state index contributed by atoms with van der Waals surface area (Å²) < 4.78 is 13.1. The maximum absolute atomic E-state index is 12.9. The van der Waals surface area contributed by atoms with Gasteiger partial charge in [-0.1, -0.05) is 15.9 Å². The second-order valence-corrected chi connectivity index (χ2v) is 6.96. The summed E-state index contributed by atoms with van der Waals surface area (Å²) in [7, 11) is 3.21. The topological polar surface area (TPSA) is 65.4 Å². The minimum absolute atomic E-state index is 0.202. The van der Waals surface area contributed by atoms with E-state index >= 15 is 0 Å². The second kappa shape index (κ2) is 8.60. The highest BCUT2D eigenvalue weighted by Crippen LogP contribution is 2.26. The van der Waals surface area contributed by atoms with Crippen molar-refractivity contribution >= 4 is 27.4 Å². The molecule has 0 amide bonds. The van der Waals surface area contributed by atoms with Crippen molar-refractivity contribution in [3.05, 3.63) is 50.0 Å². The van der Waals surface area contributed by atoms with E-state index in [2.05, 4.69) is 26.2 Å². The van der Waals surface area contributed by atoms with E-state index in [0.29, 0.717) is 19.0 Å². The lowest BCUT2D eigenvalue weighted by atomic mass is 10.1. The summed E-state index contributed by atoms with van der Waals surface area (Å²) in [6, 6.07) is 3.79. The molecule has 25 heavy (non-hydrogen) atoms. The highest BCUT2D eigenvalue weighted by Gasteiger charge is 2.17. The summed E-state index contributed by atoms with van der Waals surface area (Å²) in [6.45, 7) is 6.61. The van der Waals surface area contributed by atoms with Crippen molar-refractivity contribution in [2.24, 2.45) is 0 Å². The van der Waals surface area contributed by atoms with Gasteiger partial charge in [-0.15, -0.1) is 0 Å². The number of ether oxygens (including phenoxy) is 2. The van der Waals surface area contributed by atoms with Crippen molar-refractivity contribution in [1.82, 2.24) is 9.55 Å². The Balaban J connectivity index is 2.48. The number of aryl methyl sites for hydroxylation is 3. The molecule has 2 rings (SSSR count). The molecule has 0 spiro atoms. The van der Waals surface area contributed by atoms with Gasteiger partial charge in [-0.2, -0.15) is 0 Å². The lowest BCUT2D eigenvalue weighted by Crippen LogP contribution is -2.32. The molecular formula is C18H24BrN3O3. The van der Waals surface area contributed by atoms with E-state index < -0.39 is 0 Å². The second-order valence-electron chi connectivity index (χ2n) is 6.05. The molecule has 1 aromatic heterocycles. The molecule has 0 fully saturated rings. The summed E-state index contributed by atoms with van der Waals surface area (Å²) in [6.07, 6.45) is 1.73. The van der Waals surface area contributed by atoms with Gasteiger partial charge < -0.3 is 19.4 Å². The summed E-state index contributed by atoms with van der Waals surface area (Å²) >= 11 is 3.49. The van der Waals surface area contributed by atoms with Crippen LogP contribution in [0.25, 0.3) is 0 Å². The molecule has 0 bridgehead atoms. The Morgan fingerprint density at radius 3 is 2.24 bits per heavy atom. The third-order valence-electron chi connectivity index (χ3n) is 3.90. The fourth-order valence-electron chi connectivity index (χ4n) is 2.81. The molecule has 1 N–H and O–H groups in total. The molecule has 0 saturated heterocycles. The standard InChI is InChI=1S/C18H24BrN3O3/c1-11-6-14(19)7-12(2)16(11)21-17-18(23)22(8-13(3)20-17)15(9-24-4)10-25-5/h6-8,15H,9-10H2,1-5H3,(H,20,21). The van der Waals surface area contributed by atoms with Crippen LogP contribution in [-0.4, -0.2) is 37.0 Å². The fraction of sp³-hybridized carbons (Fsp3) is 0.444. The van der Waals surface area contributed by atoms with Crippen LogP contribution in [0.3, 0.4) is 0 Å². The number of nitrogens with one attached hydrogen (secondary N) is 1. The average Bonchev–Trinajstić information content (AvgIpc) is 2.53. The van der Waals surface area contributed by atoms with E-state index in [1.54, 1.807) is 25.0 Å². The van der Waals surface area contributed by atoms with Gasteiger partial charge in [-0.3, -0.25) is 4.79 Å². The van der Waals surface area contributed by atoms with Crippen LogP contribution in [0.5, 0.6) is 0 Å². The van der Waals surface area contributed by atoms with Gasteiger partial charge in [0.25, 0.3) is 5.56 Å². The Labute approximate surface area is 156 Å². The largest absolute Gasteiger partial charge is 0.382 e. The third kappa shape index (κ3) is 4.68. The number of rotatable bonds is 7. The number of methoxy groups -OCH3 is 2. The molecule has 0 saturated carbocycles. The van der Waals surface area contributed by atoms with Crippen molar-refractivity contribution in [2.75, 3.05) is 32.8 Å². The van der Waals surface area contributed by atoms with Crippen LogP contribution < -0.4 is 10.9 Å². The van der Waals surface area contributed by atoms with Gasteiger partial charge in [0.15, 0.2) is 5.82 Å². The fourth-order valence-corrected chi connectivity index (χ4v) is 3.49. The molecule has 7 heteroatoms. The zero-order chi connectivity index (χ0) is 18.6. The Morgan fingerprint density at radius 2 is 1.72 bits per heavy atom. The van der Waals surface area contributed by atoms with Crippen molar-refractivity contribution < 1.29 is 9.47 Å². The highest BCUT2D eigenvalue weighted by molar-refractivity contribution is 9.10. The smallest absolute Gasteiger partial charge is 0.294 e. The van der Waals surface area contributed by atoms with Gasteiger partial charge in [0.05, 0.1) is 24.9 Å². The van der Waals surface area contributed by atoms with Crippen molar-refractivity contribution in [3.63, 3.8) is 0 Å². The van der Waals surface area contributed by atoms with Crippen molar-refractivity contribution in [1.29, 1.82) is 0 Å². The third-order valence-corrected chi connectivity index (χ3v) is 4.36. The molecule has 0 aliphatic rings. The quantitative estimate of drug-likeness (QED) is 0.757. The van der Waals surface area contributed by atoms with E-state index in [4.69, 9.17) is 9.47 Å². The number of halogens is 1. The molecule has 136 valence electrons. The predicted octanol–water partition coefficient (Wildman–Crippen LogP) is 3.51. The first-order valence-corrected chi connectivity index (χ1v) is 8.78. The highest BCUT2D eigenvalue weighted by atomic mass is 79.9. The zero-order valence-electron chi connectivity index (χ0n) is 15.2. The molecule has 0 unspecified atom stereocenters. The summed E-state index contributed by atoms with van der Waals surface area (Å²) in [4.78, 5) is 17.3. The minimum Gasteiger partial charge on any atom is -0.382 e. The number of hydrogen-bond acceptors (Lipinski definition) is 5. The van der Waals surface area contributed by atoms with Crippen LogP contribution in [0, 0.1) is 20.8 Å². The van der Waals surface area contributed by atoms with Gasteiger partial charge in [0.1, 0.15) is 0 Å². The molecule has 1 heterocycles. The summed E-state index contributed by atoms with van der Waals surface area (Å²) in [5.41, 5.74) is 3.50. The number of benzene rings is 1. The van der Waals surface area contributed by atoms with Gasteiger partial charge in [-0.05, 0) is 44.0 Å². The maximum atomic E-state index is 12.9. The van der Waals surface area contributed by atoms with Gasteiger partial charge in [0.2, 0.25) is 0 Å². The lowest BCUT2D eigenvalue weighted by molar-refractivity contribution is 0.0878. The molecule has 2 aromatic rings. The monoisotopic (exact) mass is 409 g/mol. The first-order chi connectivity index (χ1) is 11.9. The zero-order valence-corrected chi connectivity index (χ0v) is 16.8. The lowest BCUT2D eigenvalue weighted by Gasteiger charge is -2.20. The van der Waals surface area contributed by atoms with Crippen LogP contribution in [0.4, 0.5) is 11.5 Å². The molecule has 0 radical (unpaired) electrons. The Morgan fingerprint density at radius 1 is 1.16 bits per heavy atom. The molecule has 1 aromatic carbocycles. The van der Waals surface area contributed by atoms with Gasteiger partial charge >= 0.3 is 0 Å². The Bertz CT molecular complexity index is 776. The Hall–Kier alpha value is -1.70. The van der Waals surface area contributed by atoms with Crippen LogP contribution in [0.1, 0.15) is 22.9 Å².